The van der Waals surface area contributed by atoms with Crippen molar-refractivity contribution in [3.05, 3.63) is 83.8 Å². The molecule has 25 heavy (non-hydrogen) atoms. The van der Waals surface area contributed by atoms with E-state index in [1.54, 1.807) is 6.07 Å². The largest absolute Gasteiger partial charge is 0.347 e. The summed E-state index contributed by atoms with van der Waals surface area (Å²) in [4.78, 5) is 23.0. The molecule has 2 heterocycles. The van der Waals surface area contributed by atoms with Crippen LogP contribution in [0.2, 0.25) is 0 Å². The van der Waals surface area contributed by atoms with E-state index in [0.29, 0.717) is 12.2 Å². The van der Waals surface area contributed by atoms with Crippen LogP contribution in [0.25, 0.3) is 0 Å². The number of nitrogens with zero attached hydrogens (tertiary/aromatic N) is 3. The van der Waals surface area contributed by atoms with E-state index in [1.807, 2.05) is 42.5 Å². The third-order valence-corrected chi connectivity index (χ3v) is 4.34. The second-order valence-electron chi connectivity index (χ2n) is 5.96. The number of nitrogens with one attached hydrogen (secondary N) is 1. The Bertz CT molecular complexity index is 895. The van der Waals surface area contributed by atoms with Crippen LogP contribution in [0.5, 0.6) is 0 Å². The van der Waals surface area contributed by atoms with Crippen LogP contribution in [0, 0.1) is 0 Å². The highest BCUT2D eigenvalue weighted by atomic mass is 16.1. The Morgan fingerprint density at radius 1 is 1.04 bits per heavy atom. The summed E-state index contributed by atoms with van der Waals surface area (Å²) in [5, 5.41) is 2.90. The van der Waals surface area contributed by atoms with Gasteiger partial charge in [-0.05, 0) is 23.6 Å². The van der Waals surface area contributed by atoms with Gasteiger partial charge in [0.1, 0.15) is 17.8 Å². The molecule has 0 unspecified atom stereocenters. The van der Waals surface area contributed by atoms with Crippen LogP contribution in [-0.2, 0) is 13.0 Å². The topological polar surface area (TPSA) is 58.1 Å². The number of benzene rings is 2. The molecular weight excluding hydrogens is 312 g/mol. The van der Waals surface area contributed by atoms with Crippen LogP contribution < -0.4 is 10.2 Å². The predicted octanol–water partition coefficient (Wildman–Crippen LogP) is 3.10. The van der Waals surface area contributed by atoms with Gasteiger partial charge in [0.05, 0.1) is 0 Å². The zero-order chi connectivity index (χ0) is 17.1. The molecule has 1 amide bonds. The lowest BCUT2D eigenvalue weighted by Crippen LogP contribution is -2.24. The van der Waals surface area contributed by atoms with Crippen LogP contribution in [0.4, 0.5) is 11.5 Å². The Labute approximate surface area is 146 Å². The summed E-state index contributed by atoms with van der Waals surface area (Å²) in [6.07, 6.45) is 2.43. The lowest BCUT2D eigenvalue weighted by Gasteiger charge is -2.18. The molecular formula is C20H18N4O. The number of carbonyl (C=O) groups is 1. The molecule has 3 aromatic rings. The average Bonchev–Trinajstić information content (AvgIpc) is 3.11. The highest BCUT2D eigenvalue weighted by Gasteiger charge is 2.21. The Morgan fingerprint density at radius 2 is 1.84 bits per heavy atom. The van der Waals surface area contributed by atoms with Crippen molar-refractivity contribution in [2.75, 3.05) is 11.4 Å². The number of hydrogen-bond donors (Lipinski definition) is 1. The lowest BCUT2D eigenvalue weighted by atomic mass is 10.2. The van der Waals surface area contributed by atoms with Gasteiger partial charge in [-0.1, -0.05) is 48.5 Å². The first-order chi connectivity index (χ1) is 12.3. The molecule has 1 aliphatic rings. The second-order valence-corrected chi connectivity index (χ2v) is 5.96. The summed E-state index contributed by atoms with van der Waals surface area (Å²) >= 11 is 0. The number of amides is 1. The zero-order valence-electron chi connectivity index (χ0n) is 13.7. The minimum Gasteiger partial charge on any atom is -0.347 e. The second kappa shape index (κ2) is 6.73. The molecule has 0 atom stereocenters. The first kappa shape index (κ1) is 15.3. The SMILES string of the molecule is O=C(NCc1ccccc1)c1cc(N2CCc3ccccc32)ncn1. The summed E-state index contributed by atoms with van der Waals surface area (Å²) in [7, 11) is 0. The number of aromatic nitrogens is 2. The van der Waals surface area contributed by atoms with E-state index < -0.39 is 0 Å². The molecule has 5 nitrogen and oxygen atoms in total. The van der Waals surface area contributed by atoms with E-state index in [9.17, 15) is 4.79 Å². The Balaban J connectivity index is 1.51. The third-order valence-electron chi connectivity index (χ3n) is 4.34. The molecule has 5 heteroatoms. The summed E-state index contributed by atoms with van der Waals surface area (Å²) in [6.45, 7) is 1.34. The fourth-order valence-electron chi connectivity index (χ4n) is 3.06. The van der Waals surface area contributed by atoms with Crippen molar-refractivity contribution in [3.63, 3.8) is 0 Å². The van der Waals surface area contributed by atoms with Crippen LogP contribution in [0.1, 0.15) is 21.6 Å². The number of para-hydroxylation sites is 1. The third kappa shape index (κ3) is 3.21. The van der Waals surface area contributed by atoms with Crippen molar-refractivity contribution in [3.8, 4) is 0 Å². The highest BCUT2D eigenvalue weighted by Crippen LogP contribution is 2.32. The number of carbonyl (C=O) groups excluding carboxylic acids is 1. The van der Waals surface area contributed by atoms with Crippen molar-refractivity contribution in [2.45, 2.75) is 13.0 Å². The van der Waals surface area contributed by atoms with E-state index in [1.165, 1.54) is 11.9 Å². The van der Waals surface area contributed by atoms with E-state index in [4.69, 9.17) is 0 Å². The molecule has 1 aromatic heterocycles. The summed E-state index contributed by atoms with van der Waals surface area (Å²) in [5.41, 5.74) is 3.89. The van der Waals surface area contributed by atoms with Crippen molar-refractivity contribution >= 4 is 17.4 Å². The maximum Gasteiger partial charge on any atom is 0.270 e. The number of hydrogen-bond acceptors (Lipinski definition) is 4. The van der Waals surface area contributed by atoms with Gasteiger partial charge >= 0.3 is 0 Å². The normalized spacial score (nSPS) is 12.7. The maximum absolute atomic E-state index is 12.4. The van der Waals surface area contributed by atoms with Gasteiger partial charge < -0.3 is 10.2 Å². The van der Waals surface area contributed by atoms with E-state index in [2.05, 4.69) is 32.3 Å². The van der Waals surface area contributed by atoms with Gasteiger partial charge in [-0.25, -0.2) is 9.97 Å². The minimum atomic E-state index is -0.194. The van der Waals surface area contributed by atoms with Crippen LogP contribution in [0.15, 0.2) is 67.0 Å². The smallest absolute Gasteiger partial charge is 0.270 e. The van der Waals surface area contributed by atoms with Crippen molar-refractivity contribution in [2.24, 2.45) is 0 Å². The molecule has 124 valence electrons. The van der Waals surface area contributed by atoms with Gasteiger partial charge in [-0.2, -0.15) is 0 Å². The van der Waals surface area contributed by atoms with Crippen molar-refractivity contribution in [1.29, 1.82) is 0 Å². The maximum atomic E-state index is 12.4. The molecule has 1 aliphatic heterocycles. The van der Waals surface area contributed by atoms with E-state index in [0.717, 1.165) is 30.0 Å². The van der Waals surface area contributed by atoms with Gasteiger partial charge in [0.25, 0.3) is 5.91 Å². The molecule has 0 radical (unpaired) electrons. The molecule has 0 aliphatic carbocycles. The zero-order valence-corrected chi connectivity index (χ0v) is 13.7. The molecule has 0 fully saturated rings. The van der Waals surface area contributed by atoms with Crippen LogP contribution >= 0.6 is 0 Å². The standard InChI is InChI=1S/C20H18N4O/c25-20(21-13-15-6-2-1-3-7-15)17-12-19(23-14-22-17)24-11-10-16-8-4-5-9-18(16)24/h1-9,12,14H,10-11,13H2,(H,21,25). The molecule has 0 spiro atoms. The number of fused-ring (bicyclic) bond motifs is 1. The average molecular weight is 330 g/mol. The van der Waals surface area contributed by atoms with Gasteiger partial charge in [0.2, 0.25) is 0 Å². The molecule has 2 aromatic carbocycles. The van der Waals surface area contributed by atoms with E-state index >= 15 is 0 Å². The summed E-state index contributed by atoms with van der Waals surface area (Å²) < 4.78 is 0. The van der Waals surface area contributed by atoms with Gasteiger partial charge in [0.15, 0.2) is 0 Å². The van der Waals surface area contributed by atoms with Gasteiger partial charge in [-0.15, -0.1) is 0 Å². The summed E-state index contributed by atoms with van der Waals surface area (Å²) in [6, 6.07) is 19.8. The molecule has 0 bridgehead atoms. The molecule has 0 saturated carbocycles. The van der Waals surface area contributed by atoms with Crippen LogP contribution in [0.3, 0.4) is 0 Å². The number of anilines is 2. The van der Waals surface area contributed by atoms with Gasteiger partial charge in [-0.3, -0.25) is 4.79 Å². The van der Waals surface area contributed by atoms with Crippen molar-refractivity contribution < 1.29 is 4.79 Å². The van der Waals surface area contributed by atoms with Gasteiger partial charge in [0, 0.05) is 24.8 Å². The monoisotopic (exact) mass is 330 g/mol. The first-order valence-corrected chi connectivity index (χ1v) is 8.31. The highest BCUT2D eigenvalue weighted by molar-refractivity contribution is 5.93. The Hall–Kier alpha value is -3.21. The summed E-state index contributed by atoms with van der Waals surface area (Å²) in [5.74, 6) is 0.560. The minimum absolute atomic E-state index is 0.194. The Kier molecular flexibility index (Phi) is 4.12. The lowest BCUT2D eigenvalue weighted by molar-refractivity contribution is 0.0946. The first-order valence-electron chi connectivity index (χ1n) is 8.31. The molecule has 0 saturated heterocycles. The predicted molar refractivity (Wildman–Crippen MR) is 96.8 cm³/mol. The van der Waals surface area contributed by atoms with Crippen LogP contribution in [-0.4, -0.2) is 22.4 Å². The van der Waals surface area contributed by atoms with E-state index in [-0.39, 0.29) is 5.91 Å². The molecule has 1 N–H and O–H groups in total. The fourth-order valence-corrected chi connectivity index (χ4v) is 3.06. The van der Waals surface area contributed by atoms with Crippen molar-refractivity contribution in [1.82, 2.24) is 15.3 Å². The fraction of sp³-hybridized carbons (Fsp3) is 0.150. The Morgan fingerprint density at radius 3 is 2.72 bits per heavy atom. The quantitative estimate of drug-likeness (QED) is 0.798. The number of rotatable bonds is 4. The molecule has 4 rings (SSSR count).